The lowest BCUT2D eigenvalue weighted by Gasteiger charge is -2.35. The molecule has 0 aromatic heterocycles. The zero-order chi connectivity index (χ0) is 12.7. The number of rotatable bonds is 3. The van der Waals surface area contributed by atoms with Crippen LogP contribution in [0.4, 0.5) is 0 Å². The summed E-state index contributed by atoms with van der Waals surface area (Å²) in [7, 11) is -3.13. The number of nitrogens with zero attached hydrogens (tertiary/aromatic N) is 2. The van der Waals surface area contributed by atoms with E-state index in [-0.39, 0.29) is 11.3 Å². The fourth-order valence-electron chi connectivity index (χ4n) is 2.21. The Labute approximate surface area is 102 Å². The van der Waals surface area contributed by atoms with Gasteiger partial charge in [0.2, 0.25) is 15.9 Å². The van der Waals surface area contributed by atoms with Crippen LogP contribution in [0.25, 0.3) is 0 Å². The average Bonchev–Trinajstić information content (AvgIpc) is 3.08. The Morgan fingerprint density at radius 1 is 1.24 bits per heavy atom. The number of carbonyl (C=O) groups is 1. The summed E-state index contributed by atoms with van der Waals surface area (Å²) in [4.78, 5) is 13.9. The second-order valence-corrected chi connectivity index (χ2v) is 6.92. The minimum atomic E-state index is -3.13. The van der Waals surface area contributed by atoms with Gasteiger partial charge in [0, 0.05) is 32.7 Å². The Morgan fingerprint density at radius 3 is 2.12 bits per heavy atom. The standard InChI is InChI=1S/C10H19N3O3S/c1-17(15,16)13-6-4-12(5-7-13)9(14)10(8-11)2-3-10/h2-8,11H2,1H3. The summed E-state index contributed by atoms with van der Waals surface area (Å²) in [6, 6.07) is 0. The topological polar surface area (TPSA) is 83.7 Å². The quantitative estimate of drug-likeness (QED) is 0.694. The van der Waals surface area contributed by atoms with E-state index >= 15 is 0 Å². The molecule has 2 rings (SSSR count). The Kier molecular flexibility index (Phi) is 3.17. The molecule has 0 aromatic rings. The van der Waals surface area contributed by atoms with Crippen LogP contribution in [0.3, 0.4) is 0 Å². The Morgan fingerprint density at radius 2 is 1.76 bits per heavy atom. The number of nitrogens with two attached hydrogens (primary N) is 1. The summed E-state index contributed by atoms with van der Waals surface area (Å²) >= 11 is 0. The summed E-state index contributed by atoms with van der Waals surface area (Å²) in [5.41, 5.74) is 5.29. The fraction of sp³-hybridized carbons (Fsp3) is 0.900. The predicted molar refractivity (Wildman–Crippen MR) is 63.7 cm³/mol. The first-order valence-electron chi connectivity index (χ1n) is 5.84. The molecule has 17 heavy (non-hydrogen) atoms. The van der Waals surface area contributed by atoms with Crippen molar-refractivity contribution < 1.29 is 13.2 Å². The van der Waals surface area contributed by atoms with Gasteiger partial charge < -0.3 is 10.6 Å². The van der Waals surface area contributed by atoms with E-state index in [1.54, 1.807) is 4.90 Å². The molecule has 0 unspecified atom stereocenters. The van der Waals surface area contributed by atoms with E-state index in [9.17, 15) is 13.2 Å². The van der Waals surface area contributed by atoms with Crippen molar-refractivity contribution in [2.75, 3.05) is 39.0 Å². The van der Waals surface area contributed by atoms with Crippen LogP contribution in [0, 0.1) is 5.41 Å². The van der Waals surface area contributed by atoms with E-state index in [1.807, 2.05) is 0 Å². The van der Waals surface area contributed by atoms with Crippen molar-refractivity contribution in [2.24, 2.45) is 11.1 Å². The molecular weight excluding hydrogens is 242 g/mol. The molecule has 2 fully saturated rings. The van der Waals surface area contributed by atoms with Crippen LogP contribution in [0.1, 0.15) is 12.8 Å². The molecule has 0 bridgehead atoms. The third kappa shape index (κ3) is 2.46. The molecule has 2 aliphatic rings. The fourth-order valence-corrected chi connectivity index (χ4v) is 3.04. The second-order valence-electron chi connectivity index (χ2n) is 4.94. The number of hydrogen-bond donors (Lipinski definition) is 1. The van der Waals surface area contributed by atoms with Gasteiger partial charge in [-0.15, -0.1) is 0 Å². The van der Waals surface area contributed by atoms with Gasteiger partial charge in [-0.3, -0.25) is 4.79 Å². The van der Waals surface area contributed by atoms with Crippen molar-refractivity contribution in [1.82, 2.24) is 9.21 Å². The molecule has 1 heterocycles. The van der Waals surface area contributed by atoms with Crippen molar-refractivity contribution in [3.8, 4) is 0 Å². The third-order valence-corrected chi connectivity index (χ3v) is 5.00. The number of sulfonamides is 1. The monoisotopic (exact) mass is 261 g/mol. The van der Waals surface area contributed by atoms with Gasteiger partial charge in [-0.1, -0.05) is 0 Å². The first-order valence-corrected chi connectivity index (χ1v) is 7.68. The van der Waals surface area contributed by atoms with E-state index < -0.39 is 10.0 Å². The van der Waals surface area contributed by atoms with Crippen LogP contribution in [-0.4, -0.2) is 62.5 Å². The summed E-state index contributed by atoms with van der Waals surface area (Å²) in [6.07, 6.45) is 2.94. The number of hydrogen-bond acceptors (Lipinski definition) is 4. The lowest BCUT2D eigenvalue weighted by Crippen LogP contribution is -2.52. The molecule has 0 radical (unpaired) electrons. The largest absolute Gasteiger partial charge is 0.340 e. The molecule has 1 amide bonds. The average molecular weight is 261 g/mol. The highest BCUT2D eigenvalue weighted by molar-refractivity contribution is 7.88. The normalized spacial score (nSPS) is 24.7. The minimum Gasteiger partial charge on any atom is -0.340 e. The maximum absolute atomic E-state index is 12.1. The molecule has 7 heteroatoms. The van der Waals surface area contributed by atoms with Gasteiger partial charge in [-0.05, 0) is 12.8 Å². The number of carbonyl (C=O) groups excluding carboxylic acids is 1. The van der Waals surface area contributed by atoms with Crippen LogP contribution in [-0.2, 0) is 14.8 Å². The molecule has 0 aromatic carbocycles. The van der Waals surface area contributed by atoms with Crippen LogP contribution < -0.4 is 5.73 Å². The molecule has 0 atom stereocenters. The maximum atomic E-state index is 12.1. The van der Waals surface area contributed by atoms with Gasteiger partial charge >= 0.3 is 0 Å². The molecule has 1 aliphatic heterocycles. The van der Waals surface area contributed by atoms with Gasteiger partial charge in [0.25, 0.3) is 0 Å². The maximum Gasteiger partial charge on any atom is 0.230 e. The predicted octanol–water partition coefficient (Wildman–Crippen LogP) is -1.17. The molecular formula is C10H19N3O3S. The van der Waals surface area contributed by atoms with Gasteiger partial charge in [-0.2, -0.15) is 4.31 Å². The summed E-state index contributed by atoms with van der Waals surface area (Å²) < 4.78 is 24.1. The molecule has 2 N–H and O–H groups in total. The SMILES string of the molecule is CS(=O)(=O)N1CCN(C(=O)C2(CN)CC2)CC1. The van der Waals surface area contributed by atoms with Crippen LogP contribution in [0.5, 0.6) is 0 Å². The smallest absolute Gasteiger partial charge is 0.230 e. The first kappa shape index (κ1) is 12.8. The van der Waals surface area contributed by atoms with Gasteiger partial charge in [0.15, 0.2) is 0 Å². The highest BCUT2D eigenvalue weighted by Gasteiger charge is 2.50. The Hall–Kier alpha value is -0.660. The van der Waals surface area contributed by atoms with E-state index in [0.29, 0.717) is 32.7 Å². The number of amides is 1. The molecule has 0 spiro atoms. The van der Waals surface area contributed by atoms with E-state index in [0.717, 1.165) is 12.8 Å². The van der Waals surface area contributed by atoms with Gasteiger partial charge in [0.05, 0.1) is 11.7 Å². The van der Waals surface area contributed by atoms with Gasteiger partial charge in [-0.25, -0.2) is 8.42 Å². The van der Waals surface area contributed by atoms with Crippen molar-refractivity contribution in [3.05, 3.63) is 0 Å². The summed E-state index contributed by atoms with van der Waals surface area (Å²) in [6.45, 7) is 2.15. The zero-order valence-electron chi connectivity index (χ0n) is 10.1. The van der Waals surface area contributed by atoms with E-state index in [2.05, 4.69) is 0 Å². The number of piperazine rings is 1. The van der Waals surface area contributed by atoms with Crippen LogP contribution in [0.15, 0.2) is 0 Å². The highest BCUT2D eigenvalue weighted by Crippen LogP contribution is 2.46. The first-order chi connectivity index (χ1) is 7.89. The Balaban J connectivity index is 1.94. The zero-order valence-corrected chi connectivity index (χ0v) is 10.9. The lowest BCUT2D eigenvalue weighted by atomic mass is 10.1. The van der Waals surface area contributed by atoms with Crippen molar-refractivity contribution in [1.29, 1.82) is 0 Å². The van der Waals surface area contributed by atoms with Crippen LogP contribution >= 0.6 is 0 Å². The molecule has 98 valence electrons. The molecule has 1 aliphatic carbocycles. The highest BCUT2D eigenvalue weighted by atomic mass is 32.2. The summed E-state index contributed by atoms with van der Waals surface area (Å²) in [5, 5.41) is 0. The molecule has 1 saturated carbocycles. The Bertz CT molecular complexity index is 409. The molecule has 6 nitrogen and oxygen atoms in total. The molecule has 1 saturated heterocycles. The lowest BCUT2D eigenvalue weighted by molar-refractivity contribution is -0.137. The van der Waals surface area contributed by atoms with Crippen molar-refractivity contribution in [3.63, 3.8) is 0 Å². The van der Waals surface area contributed by atoms with Crippen molar-refractivity contribution in [2.45, 2.75) is 12.8 Å². The van der Waals surface area contributed by atoms with Crippen LogP contribution in [0.2, 0.25) is 0 Å². The third-order valence-electron chi connectivity index (χ3n) is 3.69. The minimum absolute atomic E-state index is 0.105. The van der Waals surface area contributed by atoms with Gasteiger partial charge in [0.1, 0.15) is 0 Å². The van der Waals surface area contributed by atoms with Crippen molar-refractivity contribution >= 4 is 15.9 Å². The second kappa shape index (κ2) is 4.22. The van der Waals surface area contributed by atoms with E-state index in [1.165, 1.54) is 10.6 Å². The van der Waals surface area contributed by atoms with E-state index in [4.69, 9.17) is 5.73 Å². The summed E-state index contributed by atoms with van der Waals surface area (Å²) in [5.74, 6) is 0.105.